The molecule has 0 amide bonds. The lowest BCUT2D eigenvalue weighted by Crippen LogP contribution is -2.33. The van der Waals surface area contributed by atoms with Crippen LogP contribution in [0.2, 0.25) is 0 Å². The molecule has 0 aliphatic heterocycles. The maximum absolute atomic E-state index is 5.87. The minimum absolute atomic E-state index is 0.305. The van der Waals surface area contributed by atoms with Crippen LogP contribution in [0.3, 0.4) is 0 Å². The van der Waals surface area contributed by atoms with E-state index in [9.17, 15) is 0 Å². The van der Waals surface area contributed by atoms with E-state index < -0.39 is 0 Å². The molecular weight excluding hydrogens is 264 g/mol. The van der Waals surface area contributed by atoms with Gasteiger partial charge in [-0.05, 0) is 30.7 Å². The highest BCUT2D eigenvalue weighted by Crippen LogP contribution is 2.22. The van der Waals surface area contributed by atoms with Crippen LogP contribution in [0.25, 0.3) is 0 Å². The first-order valence-corrected chi connectivity index (χ1v) is 6.49. The molecule has 0 aromatic heterocycles. The van der Waals surface area contributed by atoms with Crippen molar-refractivity contribution in [3.8, 4) is 0 Å². The van der Waals surface area contributed by atoms with Crippen molar-refractivity contribution in [2.24, 2.45) is 11.7 Å². The van der Waals surface area contributed by atoms with E-state index in [1.54, 1.807) is 0 Å². The summed E-state index contributed by atoms with van der Waals surface area (Å²) in [6.07, 6.45) is 0. The summed E-state index contributed by atoms with van der Waals surface area (Å²) in [5.74, 6) is 0.659. The molecule has 0 heterocycles. The average Bonchev–Trinajstić information content (AvgIpc) is 2.17. The Morgan fingerprint density at radius 2 is 2.06 bits per heavy atom. The van der Waals surface area contributed by atoms with E-state index in [2.05, 4.69) is 59.9 Å². The standard InChI is InChI=1S/C13H21BrN2/c1-10(2)9-16(3)13(8-15)11-5-4-6-12(14)7-11/h4-7,10,13H,8-9,15H2,1-3H3. The summed E-state index contributed by atoms with van der Waals surface area (Å²) in [5, 5.41) is 0. The number of nitrogens with zero attached hydrogens (tertiary/aromatic N) is 1. The van der Waals surface area contributed by atoms with Gasteiger partial charge in [-0.25, -0.2) is 0 Å². The normalized spacial score (nSPS) is 13.4. The Labute approximate surface area is 107 Å². The highest BCUT2D eigenvalue weighted by Gasteiger charge is 2.16. The number of benzene rings is 1. The Hall–Kier alpha value is -0.380. The smallest absolute Gasteiger partial charge is 0.0467 e. The molecule has 0 saturated carbocycles. The van der Waals surface area contributed by atoms with Crippen molar-refractivity contribution in [2.75, 3.05) is 20.1 Å². The second kappa shape index (κ2) is 6.38. The molecule has 1 rings (SSSR count). The van der Waals surface area contributed by atoms with E-state index in [0.29, 0.717) is 18.5 Å². The highest BCUT2D eigenvalue weighted by atomic mass is 79.9. The third-order valence-electron chi connectivity index (χ3n) is 2.64. The highest BCUT2D eigenvalue weighted by molar-refractivity contribution is 9.10. The van der Waals surface area contributed by atoms with Crippen molar-refractivity contribution in [2.45, 2.75) is 19.9 Å². The first kappa shape index (κ1) is 13.7. The molecule has 16 heavy (non-hydrogen) atoms. The summed E-state index contributed by atoms with van der Waals surface area (Å²) >= 11 is 3.50. The lowest BCUT2D eigenvalue weighted by atomic mass is 10.0. The van der Waals surface area contributed by atoms with Gasteiger partial charge >= 0.3 is 0 Å². The zero-order chi connectivity index (χ0) is 12.1. The predicted molar refractivity (Wildman–Crippen MR) is 73.4 cm³/mol. The van der Waals surface area contributed by atoms with Crippen LogP contribution in [0.4, 0.5) is 0 Å². The van der Waals surface area contributed by atoms with Gasteiger partial charge in [-0.2, -0.15) is 0 Å². The van der Waals surface area contributed by atoms with Crippen molar-refractivity contribution in [1.29, 1.82) is 0 Å². The fourth-order valence-electron chi connectivity index (χ4n) is 1.99. The van der Waals surface area contributed by atoms with Crippen molar-refractivity contribution in [1.82, 2.24) is 4.90 Å². The van der Waals surface area contributed by atoms with E-state index in [1.807, 2.05) is 6.07 Å². The molecule has 0 saturated heterocycles. The molecule has 0 aliphatic carbocycles. The minimum atomic E-state index is 0.305. The Morgan fingerprint density at radius 1 is 1.38 bits per heavy atom. The van der Waals surface area contributed by atoms with E-state index in [0.717, 1.165) is 11.0 Å². The number of nitrogens with two attached hydrogens (primary N) is 1. The molecule has 2 N–H and O–H groups in total. The Bertz CT molecular complexity index is 325. The van der Waals surface area contributed by atoms with Gasteiger partial charge < -0.3 is 5.73 Å². The van der Waals surface area contributed by atoms with Crippen LogP contribution >= 0.6 is 15.9 Å². The number of hydrogen-bond acceptors (Lipinski definition) is 2. The van der Waals surface area contributed by atoms with Crippen LogP contribution < -0.4 is 5.73 Å². The Kier molecular flexibility index (Phi) is 5.46. The van der Waals surface area contributed by atoms with Crippen molar-refractivity contribution >= 4 is 15.9 Å². The fraction of sp³-hybridized carbons (Fsp3) is 0.538. The second-order valence-electron chi connectivity index (χ2n) is 4.64. The van der Waals surface area contributed by atoms with Gasteiger partial charge in [0.15, 0.2) is 0 Å². The van der Waals surface area contributed by atoms with Gasteiger partial charge in [0.05, 0.1) is 0 Å². The lowest BCUT2D eigenvalue weighted by Gasteiger charge is -2.28. The summed E-state index contributed by atoms with van der Waals surface area (Å²) in [6, 6.07) is 8.69. The molecule has 3 heteroatoms. The summed E-state index contributed by atoms with van der Waals surface area (Å²) in [4.78, 5) is 2.33. The summed E-state index contributed by atoms with van der Waals surface area (Å²) in [7, 11) is 2.14. The predicted octanol–water partition coefficient (Wildman–Crippen LogP) is 3.04. The van der Waals surface area contributed by atoms with E-state index in [-0.39, 0.29) is 0 Å². The van der Waals surface area contributed by atoms with Crippen LogP contribution in [-0.2, 0) is 0 Å². The second-order valence-corrected chi connectivity index (χ2v) is 5.56. The van der Waals surface area contributed by atoms with Crippen LogP contribution in [0.15, 0.2) is 28.7 Å². The first-order valence-electron chi connectivity index (χ1n) is 5.70. The van der Waals surface area contributed by atoms with E-state index >= 15 is 0 Å². The van der Waals surface area contributed by atoms with Crippen molar-refractivity contribution in [3.63, 3.8) is 0 Å². The molecule has 90 valence electrons. The van der Waals surface area contributed by atoms with Crippen molar-refractivity contribution in [3.05, 3.63) is 34.3 Å². The summed E-state index contributed by atoms with van der Waals surface area (Å²) < 4.78 is 1.11. The number of hydrogen-bond donors (Lipinski definition) is 1. The third-order valence-corrected chi connectivity index (χ3v) is 3.14. The molecule has 2 nitrogen and oxygen atoms in total. The Morgan fingerprint density at radius 3 is 2.56 bits per heavy atom. The summed E-state index contributed by atoms with van der Waals surface area (Å²) in [5.41, 5.74) is 7.15. The number of rotatable bonds is 5. The number of halogens is 1. The molecule has 0 bridgehead atoms. The molecular formula is C13H21BrN2. The van der Waals surface area contributed by atoms with Crippen LogP contribution in [-0.4, -0.2) is 25.0 Å². The first-order chi connectivity index (χ1) is 7.54. The average molecular weight is 285 g/mol. The maximum atomic E-state index is 5.87. The van der Waals surface area contributed by atoms with Gasteiger partial charge in [0.2, 0.25) is 0 Å². The van der Waals surface area contributed by atoms with Gasteiger partial charge in [0.25, 0.3) is 0 Å². The van der Waals surface area contributed by atoms with Gasteiger partial charge in [-0.1, -0.05) is 41.9 Å². The Balaban J connectivity index is 2.81. The molecule has 0 aliphatic rings. The maximum Gasteiger partial charge on any atom is 0.0467 e. The van der Waals surface area contributed by atoms with Crippen LogP contribution in [0.5, 0.6) is 0 Å². The largest absolute Gasteiger partial charge is 0.329 e. The summed E-state index contributed by atoms with van der Waals surface area (Å²) in [6.45, 7) is 6.17. The number of likely N-dealkylation sites (N-methyl/N-ethyl adjacent to an activating group) is 1. The molecule has 0 fully saturated rings. The molecule has 1 atom stereocenters. The third kappa shape index (κ3) is 3.89. The fourth-order valence-corrected chi connectivity index (χ4v) is 2.40. The zero-order valence-electron chi connectivity index (χ0n) is 10.3. The van der Waals surface area contributed by atoms with Gasteiger partial charge in [0, 0.05) is 23.6 Å². The van der Waals surface area contributed by atoms with Gasteiger partial charge in [0.1, 0.15) is 0 Å². The lowest BCUT2D eigenvalue weighted by molar-refractivity contribution is 0.223. The zero-order valence-corrected chi connectivity index (χ0v) is 11.9. The molecule has 1 unspecified atom stereocenters. The van der Waals surface area contributed by atoms with Gasteiger partial charge in [-0.15, -0.1) is 0 Å². The molecule has 1 aromatic carbocycles. The quantitative estimate of drug-likeness (QED) is 0.901. The topological polar surface area (TPSA) is 29.3 Å². The van der Waals surface area contributed by atoms with Crippen LogP contribution in [0, 0.1) is 5.92 Å². The van der Waals surface area contributed by atoms with Crippen LogP contribution in [0.1, 0.15) is 25.5 Å². The van der Waals surface area contributed by atoms with E-state index in [1.165, 1.54) is 5.56 Å². The SMILES string of the molecule is CC(C)CN(C)C(CN)c1cccc(Br)c1. The van der Waals surface area contributed by atoms with Gasteiger partial charge in [-0.3, -0.25) is 4.90 Å². The van der Waals surface area contributed by atoms with Crippen molar-refractivity contribution < 1.29 is 0 Å². The monoisotopic (exact) mass is 284 g/mol. The van der Waals surface area contributed by atoms with E-state index in [4.69, 9.17) is 5.73 Å². The molecule has 0 radical (unpaired) electrons. The molecule has 1 aromatic rings. The molecule has 0 spiro atoms. The minimum Gasteiger partial charge on any atom is -0.329 e.